The summed E-state index contributed by atoms with van der Waals surface area (Å²) in [5.74, 6) is -0.723. The maximum Gasteiger partial charge on any atom is 0.335 e. The van der Waals surface area contributed by atoms with Gasteiger partial charge in [-0.15, -0.1) is 0 Å². The number of ether oxygens (including phenoxy) is 1. The smallest absolute Gasteiger partial charge is 0.335 e. The van der Waals surface area contributed by atoms with Gasteiger partial charge in [-0.3, -0.25) is 9.59 Å². The lowest BCUT2D eigenvalue weighted by molar-refractivity contribution is -0.138. The van der Waals surface area contributed by atoms with Gasteiger partial charge in [0.25, 0.3) is 0 Å². The van der Waals surface area contributed by atoms with E-state index < -0.39 is 18.1 Å². The maximum atomic E-state index is 12.2. The van der Waals surface area contributed by atoms with Crippen LogP contribution in [0.3, 0.4) is 0 Å². The summed E-state index contributed by atoms with van der Waals surface area (Å²) in [5, 5.41) is 5.87. The van der Waals surface area contributed by atoms with Crippen molar-refractivity contribution >= 4 is 41.0 Å². The van der Waals surface area contributed by atoms with E-state index in [1.165, 1.54) is 0 Å². The van der Waals surface area contributed by atoms with Crippen LogP contribution in [-0.4, -0.2) is 35.8 Å². The molecule has 2 N–H and O–H groups in total. The Labute approximate surface area is 143 Å². The van der Waals surface area contributed by atoms with Crippen molar-refractivity contribution in [3.8, 4) is 0 Å². The fraction of sp³-hybridized carbons (Fsp3) is 0.375. The summed E-state index contributed by atoms with van der Waals surface area (Å²) in [6.45, 7) is 0. The molecule has 7 nitrogen and oxygen atoms in total. The zero-order valence-corrected chi connectivity index (χ0v) is 13.5. The number of benzene rings is 1. The van der Waals surface area contributed by atoms with Gasteiger partial charge in [0.2, 0.25) is 11.8 Å². The summed E-state index contributed by atoms with van der Waals surface area (Å²) < 4.78 is 5.19. The Bertz CT molecular complexity index is 702. The number of nitrogens with one attached hydrogen (secondary N) is 2. The highest BCUT2D eigenvalue weighted by atomic mass is 35.5. The molecule has 1 aromatic carbocycles. The number of hydrogen-bond acceptors (Lipinski definition) is 5. The van der Waals surface area contributed by atoms with Gasteiger partial charge in [0.15, 0.2) is 5.90 Å². The molecule has 1 aromatic rings. The van der Waals surface area contributed by atoms with Crippen LogP contribution in [0, 0.1) is 0 Å². The van der Waals surface area contributed by atoms with Crippen molar-refractivity contribution in [2.45, 2.75) is 37.8 Å². The predicted octanol–water partition coefficient (Wildman–Crippen LogP) is 1.66. The Balaban J connectivity index is 1.54. The number of rotatable bonds is 3. The van der Waals surface area contributed by atoms with E-state index >= 15 is 0 Å². The third-order valence-corrected chi connectivity index (χ3v) is 4.10. The molecule has 0 saturated carbocycles. The second-order valence-corrected chi connectivity index (χ2v) is 6.09. The van der Waals surface area contributed by atoms with Crippen LogP contribution in [0.5, 0.6) is 0 Å². The minimum absolute atomic E-state index is 0.162. The number of esters is 1. The summed E-state index contributed by atoms with van der Waals surface area (Å²) in [6.07, 6.45) is 1.62. The van der Waals surface area contributed by atoms with Crippen LogP contribution in [0.2, 0.25) is 5.02 Å². The average Bonchev–Trinajstić information content (AvgIpc) is 3.19. The van der Waals surface area contributed by atoms with Gasteiger partial charge < -0.3 is 15.4 Å². The molecule has 1 saturated heterocycles. The van der Waals surface area contributed by atoms with Crippen molar-refractivity contribution in [3.63, 3.8) is 0 Å². The van der Waals surface area contributed by atoms with Crippen LogP contribution < -0.4 is 10.6 Å². The lowest BCUT2D eigenvalue weighted by Crippen LogP contribution is -2.35. The summed E-state index contributed by atoms with van der Waals surface area (Å²) in [4.78, 5) is 39.4. The van der Waals surface area contributed by atoms with Gasteiger partial charge in [0.05, 0.1) is 0 Å². The standard InChI is InChI=1S/C16H16ClN3O4/c17-9-1-3-10(4-2-9)18-15(22)11-6-8-14(20-11)24-16(23)12-5-7-13(21)19-12/h1-4,11-12H,5-8H2,(H,18,22)(H,19,21). The molecule has 24 heavy (non-hydrogen) atoms. The SMILES string of the molecule is O=C1CCC(C(=O)OC2=NC(C(=O)Nc3ccc(Cl)cc3)CC2)N1. The number of hydrogen-bond donors (Lipinski definition) is 2. The summed E-state index contributed by atoms with van der Waals surface area (Å²) in [6, 6.07) is 5.53. The van der Waals surface area contributed by atoms with E-state index in [0.717, 1.165) is 0 Å². The number of anilines is 1. The first-order valence-corrected chi connectivity index (χ1v) is 8.03. The zero-order valence-electron chi connectivity index (χ0n) is 12.8. The molecular weight excluding hydrogens is 334 g/mol. The maximum absolute atomic E-state index is 12.2. The van der Waals surface area contributed by atoms with Crippen LogP contribution in [0.15, 0.2) is 29.3 Å². The third-order valence-electron chi connectivity index (χ3n) is 3.84. The molecular formula is C16H16ClN3O4. The van der Waals surface area contributed by atoms with Crippen LogP contribution in [0.1, 0.15) is 25.7 Å². The third kappa shape index (κ3) is 3.91. The van der Waals surface area contributed by atoms with E-state index in [1.807, 2.05) is 0 Å². The van der Waals surface area contributed by atoms with Gasteiger partial charge in [-0.05, 0) is 37.1 Å². The molecule has 0 aliphatic carbocycles. The molecule has 0 aromatic heterocycles. The van der Waals surface area contributed by atoms with E-state index in [0.29, 0.717) is 36.4 Å². The fourth-order valence-electron chi connectivity index (χ4n) is 2.57. The van der Waals surface area contributed by atoms with E-state index in [1.54, 1.807) is 24.3 Å². The molecule has 2 atom stereocenters. The van der Waals surface area contributed by atoms with Crippen molar-refractivity contribution in [3.05, 3.63) is 29.3 Å². The first kappa shape index (κ1) is 16.4. The Morgan fingerprint density at radius 1 is 1.21 bits per heavy atom. The first-order chi connectivity index (χ1) is 11.5. The molecule has 3 rings (SSSR count). The molecule has 126 valence electrons. The molecule has 1 fully saturated rings. The minimum Gasteiger partial charge on any atom is -0.410 e. The average molecular weight is 350 g/mol. The number of carbonyl (C=O) groups is 3. The monoisotopic (exact) mass is 349 g/mol. The minimum atomic E-state index is -0.623. The van der Waals surface area contributed by atoms with Crippen LogP contribution >= 0.6 is 11.6 Å². The zero-order chi connectivity index (χ0) is 17.1. The van der Waals surface area contributed by atoms with Gasteiger partial charge in [-0.2, -0.15) is 0 Å². The molecule has 2 unspecified atom stereocenters. The van der Waals surface area contributed by atoms with Crippen LogP contribution in [0.25, 0.3) is 0 Å². The Morgan fingerprint density at radius 3 is 2.62 bits per heavy atom. The Morgan fingerprint density at radius 2 is 1.96 bits per heavy atom. The topological polar surface area (TPSA) is 96.9 Å². The van der Waals surface area contributed by atoms with E-state index in [4.69, 9.17) is 16.3 Å². The van der Waals surface area contributed by atoms with Crippen LogP contribution in [-0.2, 0) is 19.1 Å². The molecule has 2 aliphatic heterocycles. The summed E-state index contributed by atoms with van der Waals surface area (Å²) in [7, 11) is 0. The number of aliphatic imine (C=N–C) groups is 1. The molecule has 0 bridgehead atoms. The van der Waals surface area contributed by atoms with Gasteiger partial charge in [0, 0.05) is 23.6 Å². The largest absolute Gasteiger partial charge is 0.410 e. The molecule has 0 spiro atoms. The molecule has 8 heteroatoms. The Hall–Kier alpha value is -2.41. The van der Waals surface area contributed by atoms with Gasteiger partial charge >= 0.3 is 5.97 Å². The molecule has 2 heterocycles. The predicted molar refractivity (Wildman–Crippen MR) is 87.8 cm³/mol. The summed E-state index contributed by atoms with van der Waals surface area (Å²) >= 11 is 5.80. The molecule has 0 radical (unpaired) electrons. The number of nitrogens with zero attached hydrogens (tertiary/aromatic N) is 1. The number of carbonyl (C=O) groups excluding carboxylic acids is 3. The fourth-order valence-corrected chi connectivity index (χ4v) is 2.69. The lowest BCUT2D eigenvalue weighted by atomic mass is 10.2. The van der Waals surface area contributed by atoms with Crippen molar-refractivity contribution < 1.29 is 19.1 Å². The lowest BCUT2D eigenvalue weighted by Gasteiger charge is -2.09. The number of amides is 2. The van der Waals surface area contributed by atoms with Crippen LogP contribution in [0.4, 0.5) is 5.69 Å². The number of halogens is 1. The highest BCUT2D eigenvalue weighted by Crippen LogP contribution is 2.19. The Kier molecular flexibility index (Phi) is 4.80. The van der Waals surface area contributed by atoms with Crippen molar-refractivity contribution in [1.82, 2.24) is 5.32 Å². The van der Waals surface area contributed by atoms with Crippen molar-refractivity contribution in [1.29, 1.82) is 0 Å². The summed E-state index contributed by atoms with van der Waals surface area (Å²) in [5.41, 5.74) is 0.624. The van der Waals surface area contributed by atoms with Gasteiger partial charge in [0.1, 0.15) is 12.1 Å². The van der Waals surface area contributed by atoms with E-state index in [2.05, 4.69) is 15.6 Å². The second kappa shape index (κ2) is 7.00. The highest BCUT2D eigenvalue weighted by molar-refractivity contribution is 6.30. The second-order valence-electron chi connectivity index (χ2n) is 5.65. The molecule has 2 amide bonds. The van der Waals surface area contributed by atoms with Crippen molar-refractivity contribution in [2.75, 3.05) is 5.32 Å². The first-order valence-electron chi connectivity index (χ1n) is 7.65. The quantitative estimate of drug-likeness (QED) is 0.811. The van der Waals surface area contributed by atoms with E-state index in [-0.39, 0.29) is 17.7 Å². The van der Waals surface area contributed by atoms with E-state index in [9.17, 15) is 14.4 Å². The normalized spacial score (nSPS) is 22.7. The highest BCUT2D eigenvalue weighted by Gasteiger charge is 2.32. The van der Waals surface area contributed by atoms with Gasteiger partial charge in [-0.25, -0.2) is 9.79 Å². The van der Waals surface area contributed by atoms with Crippen molar-refractivity contribution in [2.24, 2.45) is 4.99 Å². The molecule has 2 aliphatic rings. The van der Waals surface area contributed by atoms with Gasteiger partial charge in [-0.1, -0.05) is 11.6 Å².